The van der Waals surface area contributed by atoms with Crippen LogP contribution in [0.5, 0.6) is 0 Å². The third kappa shape index (κ3) is 3.69. The van der Waals surface area contributed by atoms with E-state index >= 15 is 0 Å². The summed E-state index contributed by atoms with van der Waals surface area (Å²) < 4.78 is 9.86. The molecule has 5 heteroatoms. The molecule has 1 unspecified atom stereocenters. The molecular weight excluding hydrogens is 258 g/mol. The van der Waals surface area contributed by atoms with Crippen molar-refractivity contribution in [1.29, 1.82) is 0 Å². The molecule has 0 saturated carbocycles. The Balaban J connectivity index is 1.81. The number of furan rings is 1. The first-order chi connectivity index (χ1) is 9.70. The van der Waals surface area contributed by atoms with Crippen molar-refractivity contribution in [2.24, 2.45) is 0 Å². The molecule has 0 fully saturated rings. The summed E-state index contributed by atoms with van der Waals surface area (Å²) in [6.45, 7) is 0.832. The smallest absolute Gasteiger partial charge is 0.373 e. The number of esters is 1. The van der Waals surface area contributed by atoms with Gasteiger partial charge in [-0.05, 0) is 17.7 Å². The minimum atomic E-state index is -0.578. The minimum Gasteiger partial charge on any atom is -0.463 e. The van der Waals surface area contributed by atoms with Crippen molar-refractivity contribution in [3.05, 3.63) is 59.5 Å². The Bertz CT molecular complexity index is 550. The van der Waals surface area contributed by atoms with Crippen LogP contribution in [0.3, 0.4) is 0 Å². The summed E-state index contributed by atoms with van der Waals surface area (Å²) in [5, 5.41) is 13.0. The highest BCUT2D eigenvalue weighted by Crippen LogP contribution is 2.12. The fourth-order valence-electron chi connectivity index (χ4n) is 1.81. The zero-order valence-electron chi connectivity index (χ0n) is 11.2. The van der Waals surface area contributed by atoms with Gasteiger partial charge in [0, 0.05) is 6.54 Å². The van der Waals surface area contributed by atoms with E-state index in [1.807, 2.05) is 30.3 Å². The lowest BCUT2D eigenvalue weighted by Gasteiger charge is -2.11. The molecule has 1 aromatic heterocycles. The van der Waals surface area contributed by atoms with E-state index in [4.69, 9.17) is 4.42 Å². The number of hydrogen-bond donors (Lipinski definition) is 2. The predicted octanol–water partition coefficient (Wildman–Crippen LogP) is 1.89. The van der Waals surface area contributed by atoms with Crippen molar-refractivity contribution in [1.82, 2.24) is 5.32 Å². The highest BCUT2D eigenvalue weighted by molar-refractivity contribution is 5.86. The molecule has 0 saturated heterocycles. The number of nitrogens with one attached hydrogen (secondary N) is 1. The average molecular weight is 275 g/mol. The molecule has 0 aliphatic heterocycles. The van der Waals surface area contributed by atoms with Crippen LogP contribution in [-0.2, 0) is 11.3 Å². The summed E-state index contributed by atoms with van der Waals surface area (Å²) in [7, 11) is 1.30. The SMILES string of the molecule is COC(=O)c1ccc(CNCC(O)c2ccccc2)o1. The van der Waals surface area contributed by atoms with Gasteiger partial charge < -0.3 is 19.6 Å². The van der Waals surface area contributed by atoms with E-state index < -0.39 is 12.1 Å². The number of ether oxygens (including phenoxy) is 1. The maximum absolute atomic E-state index is 11.2. The van der Waals surface area contributed by atoms with Gasteiger partial charge in [0.2, 0.25) is 5.76 Å². The van der Waals surface area contributed by atoms with Gasteiger partial charge in [0.05, 0.1) is 19.8 Å². The number of aliphatic hydroxyl groups excluding tert-OH is 1. The summed E-state index contributed by atoms with van der Waals surface area (Å²) in [5.74, 6) is 0.291. The Kier molecular flexibility index (Phi) is 4.92. The lowest BCUT2D eigenvalue weighted by molar-refractivity contribution is 0.0562. The van der Waals surface area contributed by atoms with E-state index in [-0.39, 0.29) is 5.76 Å². The quantitative estimate of drug-likeness (QED) is 0.788. The number of aliphatic hydroxyl groups is 1. The Morgan fingerprint density at radius 2 is 2.05 bits per heavy atom. The second-order valence-electron chi connectivity index (χ2n) is 4.31. The third-order valence-corrected chi connectivity index (χ3v) is 2.87. The van der Waals surface area contributed by atoms with Crippen molar-refractivity contribution in [3.8, 4) is 0 Å². The standard InChI is InChI=1S/C15H17NO4/c1-19-15(18)14-8-7-12(20-14)9-16-10-13(17)11-5-3-2-4-6-11/h2-8,13,16-17H,9-10H2,1H3. The van der Waals surface area contributed by atoms with Crippen LogP contribution in [-0.4, -0.2) is 24.7 Å². The number of carbonyl (C=O) groups is 1. The summed E-state index contributed by atoms with van der Waals surface area (Å²) in [4.78, 5) is 11.2. The molecule has 2 aromatic rings. The molecule has 5 nitrogen and oxygen atoms in total. The Morgan fingerprint density at radius 3 is 2.75 bits per heavy atom. The third-order valence-electron chi connectivity index (χ3n) is 2.87. The molecule has 2 N–H and O–H groups in total. The molecule has 0 aliphatic rings. The first-order valence-corrected chi connectivity index (χ1v) is 6.31. The maximum Gasteiger partial charge on any atom is 0.373 e. The summed E-state index contributed by atoms with van der Waals surface area (Å²) in [6, 6.07) is 12.7. The van der Waals surface area contributed by atoms with Gasteiger partial charge in [-0.3, -0.25) is 0 Å². The Labute approximate surface area is 117 Å². The van der Waals surface area contributed by atoms with Gasteiger partial charge in [-0.15, -0.1) is 0 Å². The molecule has 1 atom stereocenters. The molecule has 0 aliphatic carbocycles. The van der Waals surface area contributed by atoms with Crippen LogP contribution in [0.4, 0.5) is 0 Å². The van der Waals surface area contributed by atoms with E-state index in [2.05, 4.69) is 10.1 Å². The van der Waals surface area contributed by atoms with E-state index in [9.17, 15) is 9.90 Å². The summed E-state index contributed by atoms with van der Waals surface area (Å²) in [5.41, 5.74) is 0.856. The summed E-state index contributed by atoms with van der Waals surface area (Å²) >= 11 is 0. The fraction of sp³-hybridized carbons (Fsp3) is 0.267. The van der Waals surface area contributed by atoms with Crippen molar-refractivity contribution >= 4 is 5.97 Å². The van der Waals surface area contributed by atoms with Crippen molar-refractivity contribution < 1.29 is 19.1 Å². The minimum absolute atomic E-state index is 0.174. The molecule has 1 heterocycles. The molecule has 0 amide bonds. The van der Waals surface area contributed by atoms with Gasteiger partial charge in [-0.25, -0.2) is 4.79 Å². The Hall–Kier alpha value is -2.11. The fourth-order valence-corrected chi connectivity index (χ4v) is 1.81. The van der Waals surface area contributed by atoms with E-state index in [0.717, 1.165) is 5.56 Å². The molecule has 0 radical (unpaired) electrons. The molecular formula is C15H17NO4. The van der Waals surface area contributed by atoms with E-state index in [1.165, 1.54) is 7.11 Å². The van der Waals surface area contributed by atoms with Gasteiger partial charge in [0.25, 0.3) is 0 Å². The molecule has 0 spiro atoms. The lowest BCUT2D eigenvalue weighted by atomic mass is 10.1. The first kappa shape index (κ1) is 14.3. The van der Waals surface area contributed by atoms with E-state index in [1.54, 1.807) is 12.1 Å². The van der Waals surface area contributed by atoms with Crippen molar-refractivity contribution in [3.63, 3.8) is 0 Å². The molecule has 106 valence electrons. The van der Waals surface area contributed by atoms with Crippen LogP contribution in [0.25, 0.3) is 0 Å². The van der Waals surface area contributed by atoms with Crippen molar-refractivity contribution in [2.45, 2.75) is 12.6 Å². The number of methoxy groups -OCH3 is 1. The van der Waals surface area contributed by atoms with Crippen molar-refractivity contribution in [2.75, 3.05) is 13.7 Å². The van der Waals surface area contributed by atoms with Gasteiger partial charge in [0.15, 0.2) is 0 Å². The van der Waals surface area contributed by atoms with Gasteiger partial charge in [-0.2, -0.15) is 0 Å². The average Bonchev–Trinajstić information content (AvgIpc) is 2.96. The topological polar surface area (TPSA) is 71.7 Å². The van der Waals surface area contributed by atoms with Crippen LogP contribution >= 0.6 is 0 Å². The number of carbonyl (C=O) groups excluding carboxylic acids is 1. The monoisotopic (exact) mass is 275 g/mol. The second kappa shape index (κ2) is 6.88. The van der Waals surface area contributed by atoms with Crippen LogP contribution in [0.15, 0.2) is 46.9 Å². The van der Waals surface area contributed by atoms with Gasteiger partial charge >= 0.3 is 5.97 Å². The normalized spacial score (nSPS) is 12.1. The maximum atomic E-state index is 11.2. The zero-order chi connectivity index (χ0) is 14.4. The lowest BCUT2D eigenvalue weighted by Crippen LogP contribution is -2.20. The number of rotatable bonds is 6. The van der Waals surface area contributed by atoms with Crippen LogP contribution in [0, 0.1) is 0 Å². The van der Waals surface area contributed by atoms with E-state index in [0.29, 0.717) is 18.8 Å². The van der Waals surface area contributed by atoms with Gasteiger partial charge in [-0.1, -0.05) is 30.3 Å². The highest BCUT2D eigenvalue weighted by atomic mass is 16.5. The second-order valence-corrected chi connectivity index (χ2v) is 4.31. The first-order valence-electron chi connectivity index (χ1n) is 6.31. The number of hydrogen-bond acceptors (Lipinski definition) is 5. The molecule has 2 rings (SSSR count). The highest BCUT2D eigenvalue weighted by Gasteiger charge is 2.11. The molecule has 1 aromatic carbocycles. The van der Waals surface area contributed by atoms with Crippen LogP contribution in [0.2, 0.25) is 0 Å². The largest absolute Gasteiger partial charge is 0.463 e. The Morgan fingerprint density at radius 1 is 1.30 bits per heavy atom. The summed E-state index contributed by atoms with van der Waals surface area (Å²) in [6.07, 6.45) is -0.578. The zero-order valence-corrected chi connectivity index (χ0v) is 11.2. The van der Waals surface area contributed by atoms with Crippen LogP contribution in [0.1, 0.15) is 28.0 Å². The molecule has 0 bridgehead atoms. The predicted molar refractivity (Wildman–Crippen MR) is 73.2 cm³/mol. The number of benzene rings is 1. The van der Waals surface area contributed by atoms with Gasteiger partial charge in [0.1, 0.15) is 5.76 Å². The van der Waals surface area contributed by atoms with Crippen LogP contribution < -0.4 is 5.32 Å². The molecule has 20 heavy (non-hydrogen) atoms.